The molecular weight excluding hydrogens is 224 g/mol. The molecule has 2 N–H and O–H groups in total. The minimum Gasteiger partial charge on any atom is -0.447 e. The van der Waals surface area contributed by atoms with Gasteiger partial charge in [-0.25, -0.2) is 9.59 Å². The highest BCUT2D eigenvalue weighted by Crippen LogP contribution is 2.05. The fourth-order valence-corrected chi connectivity index (χ4v) is 0.899. The number of carbonyl (C=O) groups excluding carboxylic acids is 2. The Morgan fingerprint density at radius 2 is 1.53 bits per heavy atom. The lowest BCUT2D eigenvalue weighted by atomic mass is 10.2. The molecule has 0 atom stereocenters. The van der Waals surface area contributed by atoms with Crippen molar-refractivity contribution in [1.82, 2.24) is 10.6 Å². The third-order valence-corrected chi connectivity index (χ3v) is 1.41. The number of alkyl carbamates (subject to hydrolysis) is 2. The molecule has 0 aromatic rings. The van der Waals surface area contributed by atoms with Crippen molar-refractivity contribution in [3.63, 3.8) is 0 Å². The van der Waals surface area contributed by atoms with E-state index < -0.39 is 17.8 Å². The number of amides is 2. The highest BCUT2D eigenvalue weighted by atomic mass is 16.6. The van der Waals surface area contributed by atoms with Crippen molar-refractivity contribution in [2.24, 2.45) is 0 Å². The zero-order valence-corrected chi connectivity index (χ0v) is 11.1. The fourth-order valence-electron chi connectivity index (χ4n) is 0.899. The van der Waals surface area contributed by atoms with Gasteiger partial charge in [-0.3, -0.25) is 0 Å². The van der Waals surface area contributed by atoms with Gasteiger partial charge in [0.15, 0.2) is 0 Å². The van der Waals surface area contributed by atoms with E-state index in [4.69, 9.17) is 9.47 Å². The Morgan fingerprint density at radius 1 is 1.06 bits per heavy atom. The second-order valence-corrected chi connectivity index (χ2v) is 4.81. The molecule has 0 saturated heterocycles. The van der Waals surface area contributed by atoms with Crippen LogP contribution in [-0.2, 0) is 9.47 Å². The topological polar surface area (TPSA) is 76.7 Å². The minimum absolute atomic E-state index is 0.159. The maximum atomic E-state index is 11.2. The lowest BCUT2D eigenvalue weighted by Crippen LogP contribution is -2.38. The average Bonchev–Trinajstić information content (AvgIpc) is 2.08. The van der Waals surface area contributed by atoms with Gasteiger partial charge >= 0.3 is 12.2 Å². The van der Waals surface area contributed by atoms with Crippen LogP contribution in [0.5, 0.6) is 0 Å². The van der Waals surface area contributed by atoms with Gasteiger partial charge in [0, 0.05) is 13.1 Å². The van der Waals surface area contributed by atoms with Gasteiger partial charge in [-0.15, -0.1) is 0 Å². The quantitative estimate of drug-likeness (QED) is 0.739. The number of nitrogens with one attached hydrogen (secondary N) is 2. The number of hydrogen-bond acceptors (Lipinski definition) is 4. The molecule has 6 nitrogen and oxygen atoms in total. The summed E-state index contributed by atoms with van der Waals surface area (Å²) in [5, 5.41) is 5.02. The summed E-state index contributed by atoms with van der Waals surface area (Å²) in [6, 6.07) is 0. The largest absolute Gasteiger partial charge is 0.447 e. The molecule has 2 amide bonds. The molecule has 100 valence electrons. The van der Waals surface area contributed by atoms with Gasteiger partial charge in [-0.2, -0.15) is 0 Å². The molecule has 17 heavy (non-hydrogen) atoms. The van der Waals surface area contributed by atoms with Crippen LogP contribution in [0.25, 0.3) is 0 Å². The molecule has 0 aliphatic heterocycles. The zero-order valence-electron chi connectivity index (χ0n) is 11.1. The second kappa shape index (κ2) is 6.98. The van der Waals surface area contributed by atoms with Gasteiger partial charge in [0.05, 0.1) is 6.10 Å². The van der Waals surface area contributed by atoms with E-state index >= 15 is 0 Å². The summed E-state index contributed by atoms with van der Waals surface area (Å²) in [5.74, 6) is 0. The monoisotopic (exact) mass is 246 g/mol. The molecule has 0 aromatic carbocycles. The van der Waals surface area contributed by atoms with Crippen molar-refractivity contribution in [3.8, 4) is 0 Å². The van der Waals surface area contributed by atoms with Gasteiger partial charge < -0.3 is 20.1 Å². The first-order chi connectivity index (χ1) is 7.70. The van der Waals surface area contributed by atoms with Crippen LogP contribution < -0.4 is 10.6 Å². The molecule has 0 saturated carbocycles. The summed E-state index contributed by atoms with van der Waals surface area (Å²) in [7, 11) is 0. The van der Waals surface area contributed by atoms with Crippen molar-refractivity contribution >= 4 is 12.2 Å². The first-order valence-electron chi connectivity index (χ1n) is 5.62. The van der Waals surface area contributed by atoms with Gasteiger partial charge in [0.2, 0.25) is 0 Å². The van der Waals surface area contributed by atoms with Gasteiger partial charge in [-0.1, -0.05) is 0 Å². The van der Waals surface area contributed by atoms with Gasteiger partial charge in [0.25, 0.3) is 0 Å². The summed E-state index contributed by atoms with van der Waals surface area (Å²) >= 11 is 0. The van der Waals surface area contributed by atoms with E-state index in [9.17, 15) is 9.59 Å². The lowest BCUT2D eigenvalue weighted by molar-refractivity contribution is 0.0526. The Hall–Kier alpha value is -1.46. The van der Waals surface area contributed by atoms with Crippen LogP contribution >= 0.6 is 0 Å². The van der Waals surface area contributed by atoms with Gasteiger partial charge in [-0.05, 0) is 34.6 Å². The van der Waals surface area contributed by atoms with Crippen LogP contribution in [0.4, 0.5) is 9.59 Å². The summed E-state index contributed by atoms with van der Waals surface area (Å²) in [4.78, 5) is 22.3. The summed E-state index contributed by atoms with van der Waals surface area (Å²) < 4.78 is 9.86. The van der Waals surface area contributed by atoms with Crippen molar-refractivity contribution in [3.05, 3.63) is 0 Å². The number of carbonyl (C=O) groups is 2. The summed E-state index contributed by atoms with van der Waals surface area (Å²) in [6.07, 6.45) is -1.16. The first kappa shape index (κ1) is 15.5. The SMILES string of the molecule is CC(C)OC(=O)NCCNC(=O)OC(C)(C)C. The third-order valence-electron chi connectivity index (χ3n) is 1.41. The lowest BCUT2D eigenvalue weighted by Gasteiger charge is -2.19. The molecule has 0 aliphatic carbocycles. The number of rotatable bonds is 4. The highest BCUT2D eigenvalue weighted by Gasteiger charge is 2.15. The Bertz CT molecular complexity index is 259. The zero-order chi connectivity index (χ0) is 13.5. The van der Waals surface area contributed by atoms with Crippen LogP contribution in [0.2, 0.25) is 0 Å². The predicted octanol–water partition coefficient (Wildman–Crippen LogP) is 1.65. The fraction of sp³-hybridized carbons (Fsp3) is 0.818. The second-order valence-electron chi connectivity index (χ2n) is 4.81. The van der Waals surface area contributed by atoms with E-state index in [0.29, 0.717) is 13.1 Å². The molecule has 0 heterocycles. The Kier molecular flexibility index (Phi) is 6.38. The Morgan fingerprint density at radius 3 is 1.94 bits per heavy atom. The smallest absolute Gasteiger partial charge is 0.407 e. The van der Waals surface area contributed by atoms with Crippen LogP contribution in [0.3, 0.4) is 0 Å². The van der Waals surface area contributed by atoms with Crippen molar-refractivity contribution in [1.29, 1.82) is 0 Å². The van der Waals surface area contributed by atoms with E-state index in [1.54, 1.807) is 34.6 Å². The van der Waals surface area contributed by atoms with Crippen LogP contribution in [0.1, 0.15) is 34.6 Å². The van der Waals surface area contributed by atoms with E-state index in [2.05, 4.69) is 10.6 Å². The molecular formula is C11H22N2O4. The summed E-state index contributed by atoms with van der Waals surface area (Å²) in [6.45, 7) is 9.46. The molecule has 0 fully saturated rings. The molecule has 6 heteroatoms. The molecule has 0 bridgehead atoms. The van der Waals surface area contributed by atoms with Gasteiger partial charge in [0.1, 0.15) is 5.60 Å². The first-order valence-corrected chi connectivity index (χ1v) is 5.62. The van der Waals surface area contributed by atoms with Crippen molar-refractivity contribution < 1.29 is 19.1 Å². The number of ether oxygens (including phenoxy) is 2. The molecule has 0 aromatic heterocycles. The van der Waals surface area contributed by atoms with Crippen molar-refractivity contribution in [2.75, 3.05) is 13.1 Å². The molecule has 0 unspecified atom stereocenters. The van der Waals surface area contributed by atoms with Crippen LogP contribution in [0, 0.1) is 0 Å². The Labute approximate surface area is 102 Å². The predicted molar refractivity (Wildman–Crippen MR) is 63.9 cm³/mol. The maximum Gasteiger partial charge on any atom is 0.407 e. The molecule has 0 rings (SSSR count). The highest BCUT2D eigenvalue weighted by molar-refractivity contribution is 5.68. The average molecular weight is 246 g/mol. The van der Waals surface area contributed by atoms with E-state index in [1.807, 2.05) is 0 Å². The normalized spacial score (nSPS) is 10.9. The van der Waals surface area contributed by atoms with E-state index in [-0.39, 0.29) is 6.10 Å². The minimum atomic E-state index is -0.520. The molecule has 0 spiro atoms. The maximum absolute atomic E-state index is 11.2. The Balaban J connectivity index is 3.58. The van der Waals surface area contributed by atoms with Crippen LogP contribution in [-0.4, -0.2) is 37.0 Å². The number of hydrogen-bond donors (Lipinski definition) is 2. The third kappa shape index (κ3) is 10.8. The van der Waals surface area contributed by atoms with Crippen LogP contribution in [0.15, 0.2) is 0 Å². The van der Waals surface area contributed by atoms with E-state index in [0.717, 1.165) is 0 Å². The summed E-state index contributed by atoms with van der Waals surface area (Å²) in [5.41, 5.74) is -0.520. The molecule has 0 aliphatic rings. The van der Waals surface area contributed by atoms with E-state index in [1.165, 1.54) is 0 Å². The van der Waals surface area contributed by atoms with Crippen molar-refractivity contribution in [2.45, 2.75) is 46.3 Å². The standard InChI is InChI=1S/C11H22N2O4/c1-8(2)16-9(14)12-6-7-13-10(15)17-11(3,4)5/h8H,6-7H2,1-5H3,(H,12,14)(H,13,15). The molecule has 0 radical (unpaired) electrons.